The van der Waals surface area contributed by atoms with Crippen molar-refractivity contribution in [2.75, 3.05) is 18.5 Å². The molecule has 0 aromatic carbocycles. The average molecular weight is 237 g/mol. The third-order valence-electron chi connectivity index (χ3n) is 2.50. The molecule has 0 spiro atoms. The van der Waals surface area contributed by atoms with Crippen LogP contribution in [0.1, 0.15) is 45.1 Å². The molecule has 4 nitrogen and oxygen atoms in total. The van der Waals surface area contributed by atoms with Crippen molar-refractivity contribution in [3.8, 4) is 5.88 Å². The molecule has 0 amide bonds. The SMILES string of the molecule is CCCCCCOc1nc(NCC)ncc1C. The first-order chi connectivity index (χ1) is 8.27. The van der Waals surface area contributed by atoms with Crippen LogP contribution in [-0.2, 0) is 0 Å². The molecule has 1 heterocycles. The van der Waals surface area contributed by atoms with E-state index in [0.29, 0.717) is 11.8 Å². The normalized spacial score (nSPS) is 10.3. The van der Waals surface area contributed by atoms with E-state index >= 15 is 0 Å². The predicted molar refractivity (Wildman–Crippen MR) is 70.6 cm³/mol. The number of ether oxygens (including phenoxy) is 1. The lowest BCUT2D eigenvalue weighted by Gasteiger charge is -2.09. The zero-order valence-electron chi connectivity index (χ0n) is 11.1. The van der Waals surface area contributed by atoms with E-state index in [1.165, 1.54) is 19.3 Å². The van der Waals surface area contributed by atoms with Gasteiger partial charge in [-0.05, 0) is 20.3 Å². The number of nitrogens with one attached hydrogen (secondary N) is 1. The van der Waals surface area contributed by atoms with Crippen LogP contribution in [0.4, 0.5) is 5.95 Å². The van der Waals surface area contributed by atoms with E-state index < -0.39 is 0 Å². The van der Waals surface area contributed by atoms with Crippen molar-refractivity contribution in [2.45, 2.75) is 46.5 Å². The van der Waals surface area contributed by atoms with Gasteiger partial charge in [-0.15, -0.1) is 0 Å². The molecule has 0 bridgehead atoms. The Morgan fingerprint density at radius 2 is 2.06 bits per heavy atom. The maximum atomic E-state index is 5.68. The molecule has 0 atom stereocenters. The van der Waals surface area contributed by atoms with Crippen molar-refractivity contribution in [3.63, 3.8) is 0 Å². The number of nitrogens with zero attached hydrogens (tertiary/aromatic N) is 2. The molecule has 96 valence electrons. The Morgan fingerprint density at radius 3 is 2.76 bits per heavy atom. The van der Waals surface area contributed by atoms with Gasteiger partial charge in [0.1, 0.15) is 0 Å². The molecule has 4 heteroatoms. The number of hydrogen-bond donors (Lipinski definition) is 1. The number of rotatable bonds is 8. The summed E-state index contributed by atoms with van der Waals surface area (Å²) in [6.45, 7) is 7.76. The Morgan fingerprint density at radius 1 is 1.24 bits per heavy atom. The molecular formula is C13H23N3O. The Bertz CT molecular complexity index is 328. The fourth-order valence-corrected chi connectivity index (χ4v) is 1.51. The van der Waals surface area contributed by atoms with Gasteiger partial charge in [-0.3, -0.25) is 0 Å². The van der Waals surface area contributed by atoms with Gasteiger partial charge in [0.15, 0.2) is 0 Å². The Balaban J connectivity index is 2.42. The van der Waals surface area contributed by atoms with Gasteiger partial charge in [0.25, 0.3) is 0 Å². The topological polar surface area (TPSA) is 47.0 Å². The number of unbranched alkanes of at least 4 members (excludes halogenated alkanes) is 3. The monoisotopic (exact) mass is 237 g/mol. The van der Waals surface area contributed by atoms with Gasteiger partial charge in [0.05, 0.1) is 6.61 Å². The maximum absolute atomic E-state index is 5.68. The van der Waals surface area contributed by atoms with Crippen molar-refractivity contribution in [2.24, 2.45) is 0 Å². The highest BCUT2D eigenvalue weighted by Crippen LogP contribution is 2.15. The summed E-state index contributed by atoms with van der Waals surface area (Å²) < 4.78 is 5.68. The van der Waals surface area contributed by atoms with Gasteiger partial charge < -0.3 is 10.1 Å². The van der Waals surface area contributed by atoms with Crippen LogP contribution in [0.25, 0.3) is 0 Å². The summed E-state index contributed by atoms with van der Waals surface area (Å²) in [4.78, 5) is 8.52. The second-order valence-electron chi connectivity index (χ2n) is 4.12. The van der Waals surface area contributed by atoms with Crippen molar-refractivity contribution in [1.82, 2.24) is 9.97 Å². The molecule has 0 aliphatic heterocycles. The molecule has 0 unspecified atom stereocenters. The van der Waals surface area contributed by atoms with E-state index in [9.17, 15) is 0 Å². The van der Waals surface area contributed by atoms with E-state index in [0.717, 1.165) is 25.1 Å². The number of hydrogen-bond acceptors (Lipinski definition) is 4. The van der Waals surface area contributed by atoms with E-state index in [2.05, 4.69) is 22.2 Å². The molecule has 17 heavy (non-hydrogen) atoms. The predicted octanol–water partition coefficient (Wildman–Crippen LogP) is 3.18. The van der Waals surface area contributed by atoms with E-state index in [-0.39, 0.29) is 0 Å². The van der Waals surface area contributed by atoms with E-state index in [1.54, 1.807) is 6.20 Å². The van der Waals surface area contributed by atoms with Gasteiger partial charge in [-0.2, -0.15) is 4.98 Å². The first kappa shape index (κ1) is 13.7. The van der Waals surface area contributed by atoms with Crippen LogP contribution in [0.5, 0.6) is 5.88 Å². The lowest BCUT2D eigenvalue weighted by atomic mass is 10.2. The molecule has 1 aromatic heterocycles. The summed E-state index contributed by atoms with van der Waals surface area (Å²) in [6.07, 6.45) is 6.63. The second kappa shape index (κ2) is 7.87. The number of anilines is 1. The molecular weight excluding hydrogens is 214 g/mol. The zero-order chi connectivity index (χ0) is 12.5. The fraction of sp³-hybridized carbons (Fsp3) is 0.692. The molecule has 0 radical (unpaired) electrons. The van der Waals surface area contributed by atoms with Crippen molar-refractivity contribution >= 4 is 5.95 Å². The highest BCUT2D eigenvalue weighted by molar-refractivity contribution is 5.32. The summed E-state index contributed by atoms with van der Waals surface area (Å²) in [5.74, 6) is 1.34. The van der Waals surface area contributed by atoms with Crippen LogP contribution in [0.2, 0.25) is 0 Å². The summed E-state index contributed by atoms with van der Waals surface area (Å²) in [6, 6.07) is 0. The Kier molecular flexibility index (Phi) is 6.37. The summed E-state index contributed by atoms with van der Waals surface area (Å²) in [5.41, 5.74) is 0.988. The molecule has 0 fully saturated rings. The Hall–Kier alpha value is -1.32. The highest BCUT2D eigenvalue weighted by Gasteiger charge is 2.04. The fourth-order valence-electron chi connectivity index (χ4n) is 1.51. The molecule has 0 aliphatic rings. The molecule has 0 saturated carbocycles. The minimum Gasteiger partial charge on any atom is -0.477 e. The number of aryl methyl sites for hydroxylation is 1. The minimum atomic E-state index is 0.640. The molecule has 1 aromatic rings. The van der Waals surface area contributed by atoms with Crippen LogP contribution in [0.15, 0.2) is 6.20 Å². The lowest BCUT2D eigenvalue weighted by molar-refractivity contribution is 0.291. The second-order valence-corrected chi connectivity index (χ2v) is 4.12. The maximum Gasteiger partial charge on any atom is 0.225 e. The number of aromatic nitrogens is 2. The third kappa shape index (κ3) is 5.02. The zero-order valence-corrected chi connectivity index (χ0v) is 11.1. The standard InChI is InChI=1S/C13H23N3O/c1-4-6-7-8-9-17-12-11(3)10-15-13(16-12)14-5-2/h10H,4-9H2,1-3H3,(H,14,15,16). The van der Waals surface area contributed by atoms with Gasteiger partial charge in [-0.25, -0.2) is 4.98 Å². The van der Waals surface area contributed by atoms with Crippen LogP contribution >= 0.6 is 0 Å². The van der Waals surface area contributed by atoms with E-state index in [4.69, 9.17) is 4.74 Å². The van der Waals surface area contributed by atoms with Crippen LogP contribution in [0, 0.1) is 6.92 Å². The van der Waals surface area contributed by atoms with Crippen LogP contribution in [-0.4, -0.2) is 23.1 Å². The Labute approximate surface area is 104 Å². The van der Waals surface area contributed by atoms with Crippen molar-refractivity contribution in [3.05, 3.63) is 11.8 Å². The largest absolute Gasteiger partial charge is 0.477 e. The summed E-state index contributed by atoms with van der Waals surface area (Å²) >= 11 is 0. The lowest BCUT2D eigenvalue weighted by Crippen LogP contribution is -2.06. The minimum absolute atomic E-state index is 0.640. The van der Waals surface area contributed by atoms with Crippen LogP contribution in [0.3, 0.4) is 0 Å². The quantitative estimate of drug-likeness (QED) is 0.705. The summed E-state index contributed by atoms with van der Waals surface area (Å²) in [7, 11) is 0. The molecule has 1 rings (SSSR count). The summed E-state index contributed by atoms with van der Waals surface area (Å²) in [5, 5.41) is 3.08. The van der Waals surface area contributed by atoms with Crippen molar-refractivity contribution in [1.29, 1.82) is 0 Å². The highest BCUT2D eigenvalue weighted by atomic mass is 16.5. The molecule has 0 aliphatic carbocycles. The first-order valence-corrected chi connectivity index (χ1v) is 6.48. The van der Waals surface area contributed by atoms with Gasteiger partial charge in [0.2, 0.25) is 11.8 Å². The van der Waals surface area contributed by atoms with E-state index in [1.807, 2.05) is 13.8 Å². The van der Waals surface area contributed by atoms with Gasteiger partial charge >= 0.3 is 0 Å². The first-order valence-electron chi connectivity index (χ1n) is 6.48. The van der Waals surface area contributed by atoms with Crippen LogP contribution < -0.4 is 10.1 Å². The third-order valence-corrected chi connectivity index (χ3v) is 2.50. The molecule has 0 saturated heterocycles. The van der Waals surface area contributed by atoms with Gasteiger partial charge in [-0.1, -0.05) is 26.2 Å². The van der Waals surface area contributed by atoms with Crippen molar-refractivity contribution < 1.29 is 4.74 Å². The molecule has 1 N–H and O–H groups in total. The smallest absolute Gasteiger partial charge is 0.225 e. The average Bonchev–Trinajstić information content (AvgIpc) is 2.33. The van der Waals surface area contributed by atoms with Gasteiger partial charge in [0, 0.05) is 18.3 Å².